The fourth-order valence-corrected chi connectivity index (χ4v) is 3.28. The highest BCUT2D eigenvalue weighted by Gasteiger charge is 2.14. The molecule has 132 valence electrons. The third-order valence-electron chi connectivity index (χ3n) is 4.66. The summed E-state index contributed by atoms with van der Waals surface area (Å²) in [4.78, 5) is 13.7. The van der Waals surface area contributed by atoms with E-state index in [4.69, 9.17) is 4.74 Å². The Hall–Kier alpha value is -2.17. The van der Waals surface area contributed by atoms with Gasteiger partial charge in [0.05, 0.1) is 19.3 Å². The molecular weight excluding hydrogens is 312 g/mol. The normalized spacial score (nSPS) is 16.4. The highest BCUT2D eigenvalue weighted by Crippen LogP contribution is 2.26. The van der Waals surface area contributed by atoms with Gasteiger partial charge in [-0.25, -0.2) is 0 Å². The van der Waals surface area contributed by atoms with Gasteiger partial charge in [-0.05, 0) is 29.2 Å². The van der Waals surface area contributed by atoms with Crippen molar-refractivity contribution in [3.05, 3.63) is 59.7 Å². The second kappa shape index (κ2) is 8.28. The van der Waals surface area contributed by atoms with Crippen molar-refractivity contribution in [1.29, 1.82) is 0 Å². The lowest BCUT2D eigenvalue weighted by atomic mass is 9.97. The van der Waals surface area contributed by atoms with Gasteiger partial charge in [0.15, 0.2) is 0 Å². The van der Waals surface area contributed by atoms with Crippen molar-refractivity contribution in [2.75, 3.05) is 26.3 Å². The highest BCUT2D eigenvalue weighted by molar-refractivity contribution is 5.73. The first-order valence-corrected chi connectivity index (χ1v) is 8.89. The summed E-state index contributed by atoms with van der Waals surface area (Å²) in [5.41, 5.74) is 4.94. The van der Waals surface area contributed by atoms with Gasteiger partial charge in [0.1, 0.15) is 0 Å². The van der Waals surface area contributed by atoms with Crippen molar-refractivity contribution in [2.24, 2.45) is 0 Å². The maximum atomic E-state index is 11.2. The second-order valence-corrected chi connectivity index (χ2v) is 6.59. The van der Waals surface area contributed by atoms with E-state index >= 15 is 0 Å². The first-order valence-electron chi connectivity index (χ1n) is 8.89. The number of ether oxygens (including phenoxy) is 1. The van der Waals surface area contributed by atoms with Crippen molar-refractivity contribution >= 4 is 5.91 Å². The van der Waals surface area contributed by atoms with Gasteiger partial charge in [0.25, 0.3) is 0 Å². The molecule has 1 atom stereocenters. The molecule has 25 heavy (non-hydrogen) atoms. The molecule has 0 unspecified atom stereocenters. The van der Waals surface area contributed by atoms with Crippen molar-refractivity contribution in [3.63, 3.8) is 0 Å². The summed E-state index contributed by atoms with van der Waals surface area (Å²) in [6.07, 6.45) is 0. The molecule has 4 nitrogen and oxygen atoms in total. The van der Waals surface area contributed by atoms with Gasteiger partial charge in [-0.15, -0.1) is 0 Å². The number of carbonyl (C=O) groups is 1. The SMILES string of the molecule is CC(=O)N[C@H](C)c1ccc(-c2ccccc2CN2CCOCC2)cc1. The molecular formula is C21H26N2O2. The first kappa shape index (κ1) is 17.6. The van der Waals surface area contributed by atoms with Gasteiger partial charge < -0.3 is 10.1 Å². The second-order valence-electron chi connectivity index (χ2n) is 6.59. The van der Waals surface area contributed by atoms with Gasteiger partial charge in [-0.2, -0.15) is 0 Å². The number of morpholine rings is 1. The fraction of sp³-hybridized carbons (Fsp3) is 0.381. The summed E-state index contributed by atoms with van der Waals surface area (Å²) < 4.78 is 5.44. The molecule has 1 aliphatic heterocycles. The minimum Gasteiger partial charge on any atom is -0.379 e. The summed E-state index contributed by atoms with van der Waals surface area (Å²) >= 11 is 0. The fourth-order valence-electron chi connectivity index (χ4n) is 3.28. The molecule has 1 N–H and O–H groups in total. The zero-order valence-electron chi connectivity index (χ0n) is 15.0. The molecule has 2 aromatic carbocycles. The average Bonchev–Trinajstić information content (AvgIpc) is 2.63. The molecule has 0 spiro atoms. The predicted molar refractivity (Wildman–Crippen MR) is 100 cm³/mol. The molecule has 1 fully saturated rings. The summed E-state index contributed by atoms with van der Waals surface area (Å²) in [6.45, 7) is 8.11. The monoisotopic (exact) mass is 338 g/mol. The Labute approximate surface area is 149 Å². The van der Waals surface area contributed by atoms with E-state index in [-0.39, 0.29) is 11.9 Å². The molecule has 0 radical (unpaired) electrons. The number of hydrogen-bond donors (Lipinski definition) is 1. The minimum absolute atomic E-state index is 0.00701. The summed E-state index contributed by atoms with van der Waals surface area (Å²) in [5.74, 6) is -0.00701. The van der Waals surface area contributed by atoms with Gasteiger partial charge in [-0.1, -0.05) is 48.5 Å². The van der Waals surface area contributed by atoms with E-state index in [2.05, 4.69) is 58.7 Å². The van der Waals surface area contributed by atoms with Crippen LogP contribution in [0.1, 0.15) is 31.0 Å². The highest BCUT2D eigenvalue weighted by atomic mass is 16.5. The van der Waals surface area contributed by atoms with Crippen LogP contribution in [0.4, 0.5) is 0 Å². The molecule has 1 amide bonds. The molecule has 1 saturated heterocycles. The molecule has 0 bridgehead atoms. The quantitative estimate of drug-likeness (QED) is 0.909. The zero-order valence-corrected chi connectivity index (χ0v) is 15.0. The van der Waals surface area contributed by atoms with Crippen molar-refractivity contribution < 1.29 is 9.53 Å². The number of rotatable bonds is 5. The van der Waals surface area contributed by atoms with E-state index < -0.39 is 0 Å². The van der Waals surface area contributed by atoms with E-state index in [0.29, 0.717) is 0 Å². The molecule has 1 aliphatic rings. The Balaban J connectivity index is 1.78. The average molecular weight is 338 g/mol. The predicted octanol–water partition coefficient (Wildman–Crippen LogP) is 3.38. The number of nitrogens with one attached hydrogen (secondary N) is 1. The molecule has 3 rings (SSSR count). The first-order chi connectivity index (χ1) is 12.1. The van der Waals surface area contributed by atoms with Crippen LogP contribution >= 0.6 is 0 Å². The lowest BCUT2D eigenvalue weighted by Crippen LogP contribution is -2.35. The van der Waals surface area contributed by atoms with Gasteiger partial charge >= 0.3 is 0 Å². The third kappa shape index (κ3) is 4.68. The maximum absolute atomic E-state index is 11.2. The Morgan fingerprint density at radius 1 is 1.12 bits per heavy atom. The van der Waals surface area contributed by atoms with Gasteiger partial charge in [0, 0.05) is 26.6 Å². The summed E-state index contributed by atoms with van der Waals surface area (Å²) in [7, 11) is 0. The molecule has 4 heteroatoms. The van der Waals surface area contributed by atoms with Crippen molar-refractivity contribution in [2.45, 2.75) is 26.4 Å². The van der Waals surface area contributed by atoms with Crippen LogP contribution in [0.5, 0.6) is 0 Å². The molecule has 2 aromatic rings. The molecule has 0 aromatic heterocycles. The maximum Gasteiger partial charge on any atom is 0.217 e. The number of carbonyl (C=O) groups excluding carboxylic acids is 1. The minimum atomic E-state index is -0.00701. The molecule has 0 saturated carbocycles. The Bertz CT molecular complexity index is 706. The van der Waals surface area contributed by atoms with E-state index in [9.17, 15) is 4.79 Å². The van der Waals surface area contributed by atoms with Crippen LogP contribution in [0.2, 0.25) is 0 Å². The lowest BCUT2D eigenvalue weighted by Gasteiger charge is -2.27. The number of benzene rings is 2. The number of nitrogens with zero attached hydrogens (tertiary/aromatic N) is 1. The van der Waals surface area contributed by atoms with E-state index in [1.165, 1.54) is 16.7 Å². The van der Waals surface area contributed by atoms with Crippen LogP contribution in [-0.4, -0.2) is 37.1 Å². The van der Waals surface area contributed by atoms with Crippen LogP contribution in [0.3, 0.4) is 0 Å². The van der Waals surface area contributed by atoms with E-state index in [1.54, 1.807) is 6.92 Å². The smallest absolute Gasteiger partial charge is 0.217 e. The van der Waals surface area contributed by atoms with Crippen molar-refractivity contribution in [1.82, 2.24) is 10.2 Å². The number of hydrogen-bond acceptors (Lipinski definition) is 3. The van der Waals surface area contributed by atoms with E-state index in [1.807, 2.05) is 6.92 Å². The zero-order chi connectivity index (χ0) is 17.6. The van der Waals surface area contributed by atoms with E-state index in [0.717, 1.165) is 38.4 Å². The van der Waals surface area contributed by atoms with Crippen LogP contribution in [0.25, 0.3) is 11.1 Å². The van der Waals surface area contributed by atoms with Crippen LogP contribution in [-0.2, 0) is 16.1 Å². The lowest BCUT2D eigenvalue weighted by molar-refractivity contribution is -0.119. The van der Waals surface area contributed by atoms with Crippen LogP contribution in [0.15, 0.2) is 48.5 Å². The topological polar surface area (TPSA) is 41.6 Å². The standard InChI is InChI=1S/C21H26N2O2/c1-16(22-17(2)24)18-7-9-19(10-8-18)21-6-4-3-5-20(21)15-23-11-13-25-14-12-23/h3-10,16H,11-15H2,1-2H3,(H,22,24)/t16-/m1/s1. The van der Waals surface area contributed by atoms with Gasteiger partial charge in [0.2, 0.25) is 5.91 Å². The summed E-state index contributed by atoms with van der Waals surface area (Å²) in [5, 5.41) is 2.93. The Kier molecular flexibility index (Phi) is 5.84. The number of amides is 1. The summed E-state index contributed by atoms with van der Waals surface area (Å²) in [6, 6.07) is 17.1. The molecule has 0 aliphatic carbocycles. The third-order valence-corrected chi connectivity index (χ3v) is 4.66. The van der Waals surface area contributed by atoms with Crippen LogP contribution in [0, 0.1) is 0 Å². The Morgan fingerprint density at radius 3 is 2.48 bits per heavy atom. The Morgan fingerprint density at radius 2 is 1.80 bits per heavy atom. The van der Waals surface area contributed by atoms with Crippen molar-refractivity contribution in [3.8, 4) is 11.1 Å². The van der Waals surface area contributed by atoms with Crippen LogP contribution < -0.4 is 5.32 Å². The van der Waals surface area contributed by atoms with Gasteiger partial charge in [-0.3, -0.25) is 9.69 Å². The largest absolute Gasteiger partial charge is 0.379 e. The molecule has 1 heterocycles.